The van der Waals surface area contributed by atoms with Gasteiger partial charge in [0.05, 0.1) is 0 Å². The van der Waals surface area contributed by atoms with Gasteiger partial charge < -0.3 is 14.0 Å². The van der Waals surface area contributed by atoms with Gasteiger partial charge in [-0.15, -0.1) is 0 Å². The number of phenols is 1. The van der Waals surface area contributed by atoms with Crippen LogP contribution in [0.3, 0.4) is 0 Å². The molecule has 2 heterocycles. The highest BCUT2D eigenvalue weighted by molar-refractivity contribution is 6.30. The van der Waals surface area contributed by atoms with E-state index in [0.717, 1.165) is 0 Å². The van der Waals surface area contributed by atoms with Crippen LogP contribution < -0.4 is 5.63 Å². The lowest BCUT2D eigenvalue weighted by molar-refractivity contribution is 0.429. The Kier molecular flexibility index (Phi) is 3.32. The fraction of sp³-hybridized carbons (Fsp3) is 0. The summed E-state index contributed by atoms with van der Waals surface area (Å²) in [4.78, 5) is 16.4. The number of hydrogen-bond acceptors (Lipinski definition) is 6. The molecule has 7 heteroatoms. The summed E-state index contributed by atoms with van der Waals surface area (Å²) in [5.74, 6) is 0.414. The summed E-state index contributed by atoms with van der Waals surface area (Å²) in [5, 5.41) is 14.6. The van der Waals surface area contributed by atoms with Crippen LogP contribution in [0.25, 0.3) is 33.8 Å². The van der Waals surface area contributed by atoms with Crippen LogP contribution in [0, 0.1) is 0 Å². The van der Waals surface area contributed by atoms with Crippen LogP contribution in [-0.4, -0.2) is 15.2 Å². The van der Waals surface area contributed by atoms with Gasteiger partial charge in [0, 0.05) is 22.0 Å². The van der Waals surface area contributed by atoms with Gasteiger partial charge in [0.2, 0.25) is 5.82 Å². The van der Waals surface area contributed by atoms with Crippen molar-refractivity contribution in [3.05, 3.63) is 64.0 Å². The van der Waals surface area contributed by atoms with E-state index in [4.69, 9.17) is 20.5 Å². The van der Waals surface area contributed by atoms with Gasteiger partial charge in [-0.25, -0.2) is 4.79 Å². The smallest absolute Gasteiger partial charge is 0.349 e. The SMILES string of the molecule is O=c1oc2cc(O)ccc2cc1-c1nc(-c2ccc(Cl)cc2)no1. The fourth-order valence-electron chi connectivity index (χ4n) is 2.30. The minimum atomic E-state index is -0.626. The van der Waals surface area contributed by atoms with Crippen LogP contribution in [-0.2, 0) is 0 Å². The average molecular weight is 341 g/mol. The van der Waals surface area contributed by atoms with Crippen LogP contribution >= 0.6 is 11.6 Å². The third kappa shape index (κ3) is 2.53. The Bertz CT molecular complexity index is 1100. The molecule has 0 aliphatic heterocycles. The first-order valence-electron chi connectivity index (χ1n) is 6.97. The van der Waals surface area contributed by atoms with Crippen LogP contribution in [0.15, 0.2) is 62.3 Å². The van der Waals surface area contributed by atoms with Crippen LogP contribution in [0.1, 0.15) is 0 Å². The third-order valence-corrected chi connectivity index (χ3v) is 3.73. The number of fused-ring (bicyclic) bond motifs is 1. The number of phenolic OH excluding ortho intramolecular Hbond substituents is 1. The molecule has 2 aromatic carbocycles. The second-order valence-corrected chi connectivity index (χ2v) is 5.54. The first-order valence-corrected chi connectivity index (χ1v) is 7.35. The maximum atomic E-state index is 12.1. The molecular formula is C17H9ClN2O4. The van der Waals surface area contributed by atoms with Gasteiger partial charge in [0.1, 0.15) is 16.9 Å². The molecule has 0 saturated heterocycles. The summed E-state index contributed by atoms with van der Waals surface area (Å²) in [6.45, 7) is 0. The van der Waals surface area contributed by atoms with Crippen molar-refractivity contribution in [1.29, 1.82) is 0 Å². The van der Waals surface area contributed by atoms with Crippen molar-refractivity contribution in [3.8, 4) is 28.6 Å². The lowest BCUT2D eigenvalue weighted by atomic mass is 10.2. The maximum Gasteiger partial charge on any atom is 0.349 e. The highest BCUT2D eigenvalue weighted by Gasteiger charge is 2.16. The van der Waals surface area contributed by atoms with Crippen LogP contribution in [0.5, 0.6) is 5.75 Å². The second-order valence-electron chi connectivity index (χ2n) is 5.10. The van der Waals surface area contributed by atoms with Gasteiger partial charge in [-0.1, -0.05) is 16.8 Å². The molecule has 0 bridgehead atoms. The molecule has 0 amide bonds. The quantitative estimate of drug-likeness (QED) is 0.557. The van der Waals surface area contributed by atoms with E-state index >= 15 is 0 Å². The van der Waals surface area contributed by atoms with E-state index < -0.39 is 5.63 Å². The van der Waals surface area contributed by atoms with Gasteiger partial charge in [0.25, 0.3) is 5.89 Å². The normalized spacial score (nSPS) is 11.0. The number of benzene rings is 2. The lowest BCUT2D eigenvalue weighted by Gasteiger charge is -1.99. The predicted molar refractivity (Wildman–Crippen MR) is 87.9 cm³/mol. The van der Waals surface area contributed by atoms with Gasteiger partial charge in [-0.2, -0.15) is 4.98 Å². The van der Waals surface area contributed by atoms with Crippen molar-refractivity contribution in [2.45, 2.75) is 0 Å². The van der Waals surface area contributed by atoms with Crippen molar-refractivity contribution < 1.29 is 14.0 Å². The molecule has 4 aromatic rings. The van der Waals surface area contributed by atoms with Gasteiger partial charge in [-0.05, 0) is 42.5 Å². The maximum absolute atomic E-state index is 12.1. The zero-order valence-corrected chi connectivity index (χ0v) is 12.8. The topological polar surface area (TPSA) is 89.4 Å². The Labute approximate surface area is 139 Å². The molecule has 0 aliphatic rings. The number of rotatable bonds is 2. The molecule has 0 spiro atoms. The van der Waals surface area contributed by atoms with Crippen molar-refractivity contribution in [2.24, 2.45) is 0 Å². The summed E-state index contributed by atoms with van der Waals surface area (Å²) in [5.41, 5.74) is 0.519. The fourth-order valence-corrected chi connectivity index (χ4v) is 2.42. The number of halogens is 1. The average Bonchev–Trinajstić information content (AvgIpc) is 3.04. The van der Waals surface area contributed by atoms with E-state index in [2.05, 4.69) is 10.1 Å². The highest BCUT2D eigenvalue weighted by atomic mass is 35.5. The van der Waals surface area contributed by atoms with Gasteiger partial charge in [-0.3, -0.25) is 0 Å². The molecular weight excluding hydrogens is 332 g/mol. The van der Waals surface area contributed by atoms with Crippen LogP contribution in [0.2, 0.25) is 5.02 Å². The van der Waals surface area contributed by atoms with E-state index in [1.807, 2.05) is 0 Å². The number of aromatic nitrogens is 2. The Morgan fingerprint density at radius 3 is 2.62 bits per heavy atom. The Balaban J connectivity index is 1.80. The number of nitrogens with zero attached hydrogens (tertiary/aromatic N) is 2. The summed E-state index contributed by atoms with van der Waals surface area (Å²) >= 11 is 5.85. The predicted octanol–water partition coefficient (Wildman–Crippen LogP) is 3.87. The lowest BCUT2D eigenvalue weighted by Crippen LogP contribution is -2.02. The standard InChI is InChI=1S/C17H9ClN2O4/c18-11-4-1-9(2-5-11)15-19-16(24-20-15)13-7-10-3-6-12(21)8-14(10)23-17(13)22/h1-8,21H. The zero-order chi connectivity index (χ0) is 16.7. The molecule has 0 atom stereocenters. The molecule has 0 aliphatic carbocycles. The number of aromatic hydroxyl groups is 1. The first kappa shape index (κ1) is 14.5. The molecule has 2 aromatic heterocycles. The van der Waals surface area contributed by atoms with E-state index in [1.165, 1.54) is 12.1 Å². The van der Waals surface area contributed by atoms with Crippen molar-refractivity contribution in [3.63, 3.8) is 0 Å². The second kappa shape index (κ2) is 5.50. The summed E-state index contributed by atoms with van der Waals surface area (Å²) in [6, 6.07) is 13.0. The van der Waals surface area contributed by atoms with Crippen molar-refractivity contribution in [1.82, 2.24) is 10.1 Å². The van der Waals surface area contributed by atoms with Gasteiger partial charge in [0.15, 0.2) is 0 Å². The molecule has 24 heavy (non-hydrogen) atoms. The molecule has 1 N–H and O–H groups in total. The molecule has 118 valence electrons. The van der Waals surface area contributed by atoms with Crippen LogP contribution in [0.4, 0.5) is 0 Å². The molecule has 6 nitrogen and oxygen atoms in total. The third-order valence-electron chi connectivity index (χ3n) is 3.48. The van der Waals surface area contributed by atoms with Crippen molar-refractivity contribution in [2.75, 3.05) is 0 Å². The van der Waals surface area contributed by atoms with E-state index in [1.54, 1.807) is 36.4 Å². The molecule has 0 unspecified atom stereocenters. The molecule has 0 fully saturated rings. The van der Waals surface area contributed by atoms with Crippen molar-refractivity contribution >= 4 is 22.6 Å². The first-order chi connectivity index (χ1) is 11.6. The monoisotopic (exact) mass is 340 g/mol. The molecule has 4 rings (SSSR count). The summed E-state index contributed by atoms with van der Waals surface area (Å²) < 4.78 is 10.4. The van der Waals surface area contributed by atoms with E-state index in [9.17, 15) is 9.90 Å². The van der Waals surface area contributed by atoms with E-state index in [0.29, 0.717) is 21.8 Å². The summed E-state index contributed by atoms with van der Waals surface area (Å²) in [7, 11) is 0. The van der Waals surface area contributed by atoms with E-state index in [-0.39, 0.29) is 22.8 Å². The largest absolute Gasteiger partial charge is 0.508 e. The summed E-state index contributed by atoms with van der Waals surface area (Å²) in [6.07, 6.45) is 0. The Morgan fingerprint density at radius 1 is 1.04 bits per heavy atom. The Morgan fingerprint density at radius 2 is 1.83 bits per heavy atom. The highest BCUT2D eigenvalue weighted by Crippen LogP contribution is 2.25. The van der Waals surface area contributed by atoms with Gasteiger partial charge >= 0.3 is 5.63 Å². The zero-order valence-electron chi connectivity index (χ0n) is 12.1. The molecule has 0 radical (unpaired) electrons. The molecule has 0 saturated carbocycles. The Hall–Kier alpha value is -3.12. The number of hydrogen-bond donors (Lipinski definition) is 1. The minimum absolute atomic E-state index is 0.0150. The minimum Gasteiger partial charge on any atom is -0.508 e.